The Labute approximate surface area is 81.6 Å². The Morgan fingerprint density at radius 3 is 2.57 bits per heavy atom. The summed E-state index contributed by atoms with van der Waals surface area (Å²) in [4.78, 5) is 0. The predicted octanol–water partition coefficient (Wildman–Crippen LogP) is 1.53. The molecule has 0 amide bonds. The first-order chi connectivity index (χ1) is 6.56. The van der Waals surface area contributed by atoms with Gasteiger partial charge >= 0.3 is 0 Å². The normalized spacial score (nSPS) is 12.9. The Morgan fingerprint density at radius 1 is 1.36 bits per heavy atom. The standard InChI is InChI=1S/C10H13F2NO/c1-6-3-9(12)7(4-8(6)11)10(14)5-13-2/h3-4,10,13-14H,5H2,1-2H3. The van der Waals surface area contributed by atoms with Crippen LogP contribution in [0.4, 0.5) is 8.78 Å². The molecule has 14 heavy (non-hydrogen) atoms. The van der Waals surface area contributed by atoms with Gasteiger partial charge in [0, 0.05) is 12.1 Å². The van der Waals surface area contributed by atoms with Gasteiger partial charge in [-0.3, -0.25) is 0 Å². The average molecular weight is 201 g/mol. The topological polar surface area (TPSA) is 32.3 Å². The molecular formula is C10H13F2NO. The van der Waals surface area contributed by atoms with E-state index in [9.17, 15) is 13.9 Å². The molecule has 1 atom stereocenters. The zero-order valence-corrected chi connectivity index (χ0v) is 8.14. The lowest BCUT2D eigenvalue weighted by Gasteiger charge is -2.12. The van der Waals surface area contributed by atoms with Crippen LogP contribution in [0.5, 0.6) is 0 Å². The Hall–Kier alpha value is -1.00. The second-order valence-corrected chi connectivity index (χ2v) is 3.20. The highest BCUT2D eigenvalue weighted by Gasteiger charge is 2.14. The molecule has 0 spiro atoms. The fourth-order valence-electron chi connectivity index (χ4n) is 1.22. The Bertz CT molecular complexity index is 328. The van der Waals surface area contributed by atoms with Gasteiger partial charge in [-0.2, -0.15) is 0 Å². The van der Waals surface area contributed by atoms with E-state index in [1.165, 1.54) is 6.92 Å². The SMILES string of the molecule is CNCC(O)c1cc(F)c(C)cc1F. The van der Waals surface area contributed by atoms with Gasteiger partial charge in [0.1, 0.15) is 11.6 Å². The molecule has 78 valence electrons. The summed E-state index contributed by atoms with van der Waals surface area (Å²) in [6.45, 7) is 1.67. The summed E-state index contributed by atoms with van der Waals surface area (Å²) < 4.78 is 26.3. The third-order valence-electron chi connectivity index (χ3n) is 2.03. The van der Waals surface area contributed by atoms with Crippen LogP contribution in [-0.2, 0) is 0 Å². The zero-order valence-electron chi connectivity index (χ0n) is 8.14. The number of aliphatic hydroxyl groups is 1. The number of aryl methyl sites for hydroxylation is 1. The Balaban J connectivity index is 3.02. The molecule has 1 aromatic rings. The van der Waals surface area contributed by atoms with Crippen molar-refractivity contribution in [2.75, 3.05) is 13.6 Å². The van der Waals surface area contributed by atoms with Crippen LogP contribution < -0.4 is 5.32 Å². The van der Waals surface area contributed by atoms with Gasteiger partial charge in [-0.25, -0.2) is 8.78 Å². The fourth-order valence-corrected chi connectivity index (χ4v) is 1.22. The molecule has 1 aromatic carbocycles. The maximum absolute atomic E-state index is 13.2. The highest BCUT2D eigenvalue weighted by molar-refractivity contribution is 5.26. The van der Waals surface area contributed by atoms with Gasteiger partial charge in [0.05, 0.1) is 6.10 Å². The summed E-state index contributed by atoms with van der Waals surface area (Å²) in [5.41, 5.74) is 0.227. The van der Waals surface area contributed by atoms with E-state index < -0.39 is 17.7 Å². The number of hydrogen-bond donors (Lipinski definition) is 2. The van der Waals surface area contributed by atoms with Gasteiger partial charge < -0.3 is 10.4 Å². The molecule has 4 heteroatoms. The molecule has 0 saturated heterocycles. The molecule has 0 radical (unpaired) electrons. The maximum Gasteiger partial charge on any atom is 0.129 e. The van der Waals surface area contributed by atoms with Crippen LogP contribution in [0.3, 0.4) is 0 Å². The second kappa shape index (κ2) is 4.48. The molecule has 1 rings (SSSR count). The summed E-state index contributed by atoms with van der Waals surface area (Å²) >= 11 is 0. The van der Waals surface area contributed by atoms with Crippen LogP contribution in [0.1, 0.15) is 17.2 Å². The minimum atomic E-state index is -1.02. The van der Waals surface area contributed by atoms with Crippen molar-refractivity contribution in [2.45, 2.75) is 13.0 Å². The lowest BCUT2D eigenvalue weighted by Crippen LogP contribution is -2.18. The Kier molecular flexibility index (Phi) is 3.55. The van der Waals surface area contributed by atoms with Crippen molar-refractivity contribution in [3.63, 3.8) is 0 Å². The molecular weight excluding hydrogens is 188 g/mol. The molecule has 1 unspecified atom stereocenters. The van der Waals surface area contributed by atoms with Gasteiger partial charge in [0.15, 0.2) is 0 Å². The fraction of sp³-hybridized carbons (Fsp3) is 0.400. The summed E-state index contributed by atoms with van der Waals surface area (Å²) in [5, 5.41) is 12.1. The van der Waals surface area contributed by atoms with Crippen LogP contribution in [0, 0.1) is 18.6 Å². The predicted molar refractivity (Wildman–Crippen MR) is 50.0 cm³/mol. The molecule has 0 fully saturated rings. The average Bonchev–Trinajstić information content (AvgIpc) is 2.11. The summed E-state index contributed by atoms with van der Waals surface area (Å²) in [6, 6.07) is 2.12. The summed E-state index contributed by atoms with van der Waals surface area (Å²) in [7, 11) is 1.63. The van der Waals surface area contributed by atoms with Crippen molar-refractivity contribution in [3.05, 3.63) is 34.9 Å². The third kappa shape index (κ3) is 2.27. The second-order valence-electron chi connectivity index (χ2n) is 3.20. The van der Waals surface area contributed by atoms with E-state index in [-0.39, 0.29) is 17.7 Å². The molecule has 0 aliphatic heterocycles. The van der Waals surface area contributed by atoms with Gasteiger partial charge in [0.2, 0.25) is 0 Å². The number of aliphatic hydroxyl groups excluding tert-OH is 1. The number of benzene rings is 1. The molecule has 0 aliphatic carbocycles. The highest BCUT2D eigenvalue weighted by atomic mass is 19.1. The molecule has 2 nitrogen and oxygen atoms in total. The van der Waals surface area contributed by atoms with Crippen LogP contribution in [-0.4, -0.2) is 18.7 Å². The molecule has 0 bridgehead atoms. The van der Waals surface area contributed by atoms with Crippen molar-refractivity contribution in [3.8, 4) is 0 Å². The number of rotatable bonds is 3. The van der Waals surface area contributed by atoms with E-state index in [1.807, 2.05) is 0 Å². The Morgan fingerprint density at radius 2 is 2.00 bits per heavy atom. The number of hydrogen-bond acceptors (Lipinski definition) is 2. The molecule has 0 saturated carbocycles. The number of nitrogens with one attached hydrogen (secondary N) is 1. The van der Waals surface area contributed by atoms with Crippen LogP contribution in [0.15, 0.2) is 12.1 Å². The largest absolute Gasteiger partial charge is 0.387 e. The first-order valence-electron chi connectivity index (χ1n) is 4.34. The van der Waals surface area contributed by atoms with Crippen LogP contribution >= 0.6 is 0 Å². The van der Waals surface area contributed by atoms with E-state index in [0.29, 0.717) is 0 Å². The lowest BCUT2D eigenvalue weighted by atomic mass is 10.1. The smallest absolute Gasteiger partial charge is 0.129 e. The minimum absolute atomic E-state index is 0.0116. The third-order valence-corrected chi connectivity index (χ3v) is 2.03. The van der Waals surface area contributed by atoms with Crippen molar-refractivity contribution in [1.29, 1.82) is 0 Å². The quantitative estimate of drug-likeness (QED) is 0.777. The van der Waals surface area contributed by atoms with Crippen molar-refractivity contribution in [2.24, 2.45) is 0 Å². The highest BCUT2D eigenvalue weighted by Crippen LogP contribution is 2.20. The summed E-state index contributed by atoms with van der Waals surface area (Å²) in [6.07, 6.45) is -1.02. The van der Waals surface area contributed by atoms with E-state index in [1.54, 1.807) is 7.05 Å². The van der Waals surface area contributed by atoms with Gasteiger partial charge in [-0.1, -0.05) is 0 Å². The molecule has 2 N–H and O–H groups in total. The number of likely N-dealkylation sites (N-methyl/N-ethyl adjacent to an activating group) is 1. The first kappa shape index (κ1) is 11.1. The van der Waals surface area contributed by atoms with E-state index >= 15 is 0 Å². The van der Waals surface area contributed by atoms with Crippen LogP contribution in [0.2, 0.25) is 0 Å². The monoisotopic (exact) mass is 201 g/mol. The van der Waals surface area contributed by atoms with E-state index in [2.05, 4.69) is 5.32 Å². The van der Waals surface area contributed by atoms with Crippen molar-refractivity contribution in [1.82, 2.24) is 5.32 Å². The minimum Gasteiger partial charge on any atom is -0.387 e. The molecule has 0 aliphatic rings. The van der Waals surface area contributed by atoms with Crippen molar-refractivity contribution >= 4 is 0 Å². The molecule has 0 aromatic heterocycles. The van der Waals surface area contributed by atoms with E-state index in [4.69, 9.17) is 0 Å². The van der Waals surface area contributed by atoms with Gasteiger partial charge in [-0.15, -0.1) is 0 Å². The first-order valence-corrected chi connectivity index (χ1v) is 4.34. The number of halogens is 2. The van der Waals surface area contributed by atoms with Gasteiger partial charge in [0.25, 0.3) is 0 Å². The maximum atomic E-state index is 13.2. The van der Waals surface area contributed by atoms with Gasteiger partial charge in [-0.05, 0) is 31.7 Å². The molecule has 0 heterocycles. The lowest BCUT2D eigenvalue weighted by molar-refractivity contribution is 0.172. The zero-order chi connectivity index (χ0) is 10.7. The summed E-state index contributed by atoms with van der Waals surface area (Å²) in [5.74, 6) is -1.08. The van der Waals surface area contributed by atoms with Crippen molar-refractivity contribution < 1.29 is 13.9 Å². The van der Waals surface area contributed by atoms with Crippen LogP contribution in [0.25, 0.3) is 0 Å². The van der Waals surface area contributed by atoms with E-state index in [0.717, 1.165) is 12.1 Å².